The lowest BCUT2D eigenvalue weighted by Gasteiger charge is -1.96. The second-order valence-electron chi connectivity index (χ2n) is 2.36. The lowest BCUT2D eigenvalue weighted by Crippen LogP contribution is -1.81. The molecule has 0 aliphatic rings. The third-order valence-electron chi connectivity index (χ3n) is 1.22. The largest absolute Gasteiger partial charge is 0.297 e. The summed E-state index contributed by atoms with van der Waals surface area (Å²) in [5.41, 5.74) is 0. The Morgan fingerprint density at radius 1 is 1.36 bits per heavy atom. The van der Waals surface area contributed by atoms with Crippen LogP contribution in [0.15, 0.2) is 11.0 Å². The summed E-state index contributed by atoms with van der Waals surface area (Å²) in [5.74, 6) is 1.05. The smallest absolute Gasteiger partial charge is 0.156 e. The normalized spacial score (nSPS) is 11.6. The van der Waals surface area contributed by atoms with Crippen LogP contribution in [0, 0.1) is 0 Å². The van der Waals surface area contributed by atoms with E-state index in [0.717, 1.165) is 36.2 Å². The molecule has 0 fully saturated rings. The van der Waals surface area contributed by atoms with E-state index in [4.69, 9.17) is 0 Å². The van der Waals surface area contributed by atoms with E-state index in [-0.39, 0.29) is 0 Å². The standard InChI is InChI=1S/C9H16OS/c1-3-5-6-9(8-10)11-7-4-2/h6,8H,3-5,7H2,1-2H3/b9-6-. The summed E-state index contributed by atoms with van der Waals surface area (Å²) in [6.07, 6.45) is 6.24. The first-order valence-electron chi connectivity index (χ1n) is 4.13. The maximum Gasteiger partial charge on any atom is 0.156 e. The molecular formula is C9H16OS. The minimum absolute atomic E-state index is 0.897. The first-order chi connectivity index (χ1) is 5.35. The van der Waals surface area contributed by atoms with Crippen LogP contribution in [0.1, 0.15) is 33.1 Å². The predicted molar refractivity (Wildman–Crippen MR) is 51.8 cm³/mol. The van der Waals surface area contributed by atoms with Gasteiger partial charge in [-0.05, 0) is 18.6 Å². The van der Waals surface area contributed by atoms with E-state index in [9.17, 15) is 4.79 Å². The molecule has 0 rings (SSSR count). The molecule has 0 radical (unpaired) electrons. The van der Waals surface area contributed by atoms with Crippen LogP contribution in [0.4, 0.5) is 0 Å². The third-order valence-corrected chi connectivity index (χ3v) is 2.43. The topological polar surface area (TPSA) is 17.1 Å². The summed E-state index contributed by atoms with van der Waals surface area (Å²) in [4.78, 5) is 11.3. The molecule has 0 spiro atoms. The van der Waals surface area contributed by atoms with Crippen LogP contribution in [-0.4, -0.2) is 12.0 Å². The molecule has 1 nitrogen and oxygen atoms in total. The lowest BCUT2D eigenvalue weighted by molar-refractivity contribution is -0.104. The molecule has 64 valence electrons. The molecule has 2 heteroatoms. The second-order valence-corrected chi connectivity index (χ2v) is 3.53. The number of hydrogen-bond acceptors (Lipinski definition) is 2. The Morgan fingerprint density at radius 2 is 2.09 bits per heavy atom. The summed E-state index contributed by atoms with van der Waals surface area (Å²) in [6.45, 7) is 4.23. The van der Waals surface area contributed by atoms with Crippen LogP contribution in [0.25, 0.3) is 0 Å². The first-order valence-corrected chi connectivity index (χ1v) is 5.11. The van der Waals surface area contributed by atoms with E-state index in [2.05, 4.69) is 13.8 Å². The van der Waals surface area contributed by atoms with Gasteiger partial charge < -0.3 is 0 Å². The van der Waals surface area contributed by atoms with Crippen molar-refractivity contribution in [2.75, 3.05) is 5.75 Å². The van der Waals surface area contributed by atoms with Crippen LogP contribution >= 0.6 is 11.8 Å². The SMILES string of the molecule is CCC/C=C(/C=O)SCCC. The average Bonchev–Trinajstić information content (AvgIpc) is 2.05. The van der Waals surface area contributed by atoms with Crippen molar-refractivity contribution in [3.8, 4) is 0 Å². The first kappa shape index (κ1) is 10.8. The fraction of sp³-hybridized carbons (Fsp3) is 0.667. The van der Waals surface area contributed by atoms with E-state index in [0.29, 0.717) is 0 Å². The van der Waals surface area contributed by atoms with Gasteiger partial charge in [-0.15, -0.1) is 11.8 Å². The molecule has 0 saturated heterocycles. The molecule has 0 amide bonds. The predicted octanol–water partition coefficient (Wildman–Crippen LogP) is 3.01. The Balaban J connectivity index is 3.64. The van der Waals surface area contributed by atoms with Gasteiger partial charge in [-0.1, -0.05) is 26.3 Å². The zero-order chi connectivity index (χ0) is 8.53. The Labute approximate surface area is 73.3 Å². The van der Waals surface area contributed by atoms with Gasteiger partial charge in [-0.25, -0.2) is 0 Å². The molecular weight excluding hydrogens is 156 g/mol. The summed E-state index contributed by atoms with van der Waals surface area (Å²) in [6, 6.07) is 0. The number of carbonyl (C=O) groups excluding carboxylic acids is 1. The summed E-state index contributed by atoms with van der Waals surface area (Å²) in [5, 5.41) is 0. The van der Waals surface area contributed by atoms with Crippen LogP contribution in [0.3, 0.4) is 0 Å². The Morgan fingerprint density at radius 3 is 2.55 bits per heavy atom. The van der Waals surface area contributed by atoms with Crippen molar-refractivity contribution in [2.45, 2.75) is 33.1 Å². The highest BCUT2D eigenvalue weighted by atomic mass is 32.2. The molecule has 0 unspecified atom stereocenters. The fourth-order valence-corrected chi connectivity index (χ4v) is 1.39. The Kier molecular flexibility index (Phi) is 7.69. The maximum absolute atomic E-state index is 10.4. The minimum Gasteiger partial charge on any atom is -0.297 e. The molecule has 0 aromatic rings. The van der Waals surface area contributed by atoms with Crippen molar-refractivity contribution in [3.63, 3.8) is 0 Å². The van der Waals surface area contributed by atoms with E-state index in [1.165, 1.54) is 0 Å². The number of aldehydes is 1. The molecule has 0 bridgehead atoms. The number of hydrogen-bond donors (Lipinski definition) is 0. The van der Waals surface area contributed by atoms with Crippen molar-refractivity contribution in [3.05, 3.63) is 11.0 Å². The van der Waals surface area contributed by atoms with Crippen LogP contribution < -0.4 is 0 Å². The highest BCUT2D eigenvalue weighted by molar-refractivity contribution is 8.03. The zero-order valence-electron chi connectivity index (χ0n) is 7.30. The molecule has 0 atom stereocenters. The molecule has 0 N–H and O–H groups in total. The highest BCUT2D eigenvalue weighted by Crippen LogP contribution is 2.14. The number of carbonyl (C=O) groups is 1. The lowest BCUT2D eigenvalue weighted by atomic mass is 10.3. The van der Waals surface area contributed by atoms with Crippen LogP contribution in [0.5, 0.6) is 0 Å². The number of thioether (sulfide) groups is 1. The van der Waals surface area contributed by atoms with Gasteiger partial charge in [0.25, 0.3) is 0 Å². The monoisotopic (exact) mass is 172 g/mol. The van der Waals surface area contributed by atoms with E-state index in [1.807, 2.05) is 6.08 Å². The summed E-state index contributed by atoms with van der Waals surface area (Å²) >= 11 is 1.65. The van der Waals surface area contributed by atoms with Gasteiger partial charge in [-0.3, -0.25) is 4.79 Å². The van der Waals surface area contributed by atoms with Crippen molar-refractivity contribution in [1.82, 2.24) is 0 Å². The third kappa shape index (κ3) is 6.17. The molecule has 0 aromatic carbocycles. The van der Waals surface area contributed by atoms with Gasteiger partial charge in [-0.2, -0.15) is 0 Å². The highest BCUT2D eigenvalue weighted by Gasteiger charge is 1.93. The van der Waals surface area contributed by atoms with Crippen molar-refractivity contribution in [2.24, 2.45) is 0 Å². The Hall–Kier alpha value is -0.240. The molecule has 0 aromatic heterocycles. The van der Waals surface area contributed by atoms with Gasteiger partial charge in [0, 0.05) is 4.91 Å². The molecule has 0 saturated carbocycles. The van der Waals surface area contributed by atoms with Crippen molar-refractivity contribution < 1.29 is 4.79 Å². The summed E-state index contributed by atoms with van der Waals surface area (Å²) < 4.78 is 0. The van der Waals surface area contributed by atoms with Crippen molar-refractivity contribution in [1.29, 1.82) is 0 Å². The molecule has 0 aliphatic carbocycles. The maximum atomic E-state index is 10.4. The quantitative estimate of drug-likeness (QED) is 0.452. The molecule has 11 heavy (non-hydrogen) atoms. The number of allylic oxidation sites excluding steroid dienone is 2. The van der Waals surface area contributed by atoms with E-state index in [1.54, 1.807) is 11.8 Å². The van der Waals surface area contributed by atoms with Crippen molar-refractivity contribution >= 4 is 18.0 Å². The molecule has 0 aliphatic heterocycles. The van der Waals surface area contributed by atoms with Gasteiger partial charge in [0.05, 0.1) is 0 Å². The van der Waals surface area contributed by atoms with Crippen LogP contribution in [-0.2, 0) is 4.79 Å². The summed E-state index contributed by atoms with van der Waals surface area (Å²) in [7, 11) is 0. The van der Waals surface area contributed by atoms with Gasteiger partial charge >= 0.3 is 0 Å². The van der Waals surface area contributed by atoms with Gasteiger partial charge in [0.2, 0.25) is 0 Å². The van der Waals surface area contributed by atoms with E-state index < -0.39 is 0 Å². The fourth-order valence-electron chi connectivity index (χ4n) is 0.648. The molecule has 0 heterocycles. The Bertz CT molecular complexity index is 130. The van der Waals surface area contributed by atoms with Crippen LogP contribution in [0.2, 0.25) is 0 Å². The minimum atomic E-state index is 0.897. The number of rotatable bonds is 6. The van der Waals surface area contributed by atoms with Gasteiger partial charge in [0.15, 0.2) is 6.29 Å². The second kappa shape index (κ2) is 7.86. The zero-order valence-corrected chi connectivity index (χ0v) is 8.12. The van der Waals surface area contributed by atoms with E-state index >= 15 is 0 Å². The number of unbranched alkanes of at least 4 members (excludes halogenated alkanes) is 1. The van der Waals surface area contributed by atoms with Gasteiger partial charge in [0.1, 0.15) is 0 Å². The average molecular weight is 172 g/mol.